The number of hydroxylamine groups is 2. The lowest BCUT2D eigenvalue weighted by Gasteiger charge is -2.17. The van der Waals surface area contributed by atoms with Crippen molar-refractivity contribution in [1.29, 1.82) is 0 Å². The number of amides is 1. The molecule has 6 N–H and O–H groups in total. The Bertz CT molecular complexity index is 787. The number of fused-ring (bicyclic) bond motifs is 1. The number of aromatic hydroxyl groups is 1. The van der Waals surface area contributed by atoms with Gasteiger partial charge in [0.2, 0.25) is 7.37 Å². The Morgan fingerprint density at radius 2 is 2.16 bits per heavy atom. The predicted octanol–water partition coefficient (Wildman–Crippen LogP) is 0.442. The fourth-order valence-electron chi connectivity index (χ4n) is 2.35. The van der Waals surface area contributed by atoms with Crippen LogP contribution in [-0.2, 0) is 15.8 Å². The first kappa shape index (κ1) is 19.4. The van der Waals surface area contributed by atoms with Gasteiger partial charge in [-0.2, -0.15) is 0 Å². The topological polar surface area (TPSA) is 146 Å². The van der Waals surface area contributed by atoms with E-state index in [1.165, 1.54) is 0 Å². The third-order valence-corrected chi connectivity index (χ3v) is 5.09. The molecule has 2 rings (SSSR count). The summed E-state index contributed by atoms with van der Waals surface area (Å²) in [5, 5.41) is 32.8. The Hall–Kier alpha value is -1.90. The van der Waals surface area contributed by atoms with Crippen LogP contribution in [0.15, 0.2) is 24.4 Å². The minimum atomic E-state index is -3.64. The van der Waals surface area contributed by atoms with Gasteiger partial charge >= 0.3 is 0 Å². The van der Waals surface area contributed by atoms with Crippen LogP contribution in [0.5, 0.6) is 5.75 Å². The zero-order chi connectivity index (χ0) is 18.6. The molecule has 138 valence electrons. The molecule has 2 aromatic rings. The number of aromatic amines is 1. The molecule has 1 aromatic heterocycles. The van der Waals surface area contributed by atoms with Gasteiger partial charge in [0, 0.05) is 30.3 Å². The van der Waals surface area contributed by atoms with Gasteiger partial charge in [-0.25, -0.2) is 5.06 Å². The molecule has 0 aliphatic heterocycles. The van der Waals surface area contributed by atoms with E-state index in [4.69, 9.17) is 4.89 Å². The number of hydrogen-bond donors (Lipinski definition) is 6. The van der Waals surface area contributed by atoms with Gasteiger partial charge in [-0.15, -0.1) is 0 Å². The summed E-state index contributed by atoms with van der Waals surface area (Å²) < 4.78 is 11.2. The number of H-pyrrole nitrogens is 1. The summed E-state index contributed by atoms with van der Waals surface area (Å²) in [5.41, 5.74) is 1.52. The predicted molar refractivity (Wildman–Crippen MR) is 91.8 cm³/mol. The van der Waals surface area contributed by atoms with Crippen LogP contribution >= 0.6 is 7.37 Å². The maximum Gasteiger partial charge on any atom is 0.259 e. The van der Waals surface area contributed by atoms with Crippen molar-refractivity contribution in [2.24, 2.45) is 0 Å². The molecule has 10 heteroatoms. The van der Waals surface area contributed by atoms with Gasteiger partial charge in [-0.1, -0.05) is 6.07 Å². The first-order valence-electron chi connectivity index (χ1n) is 7.66. The molecule has 25 heavy (non-hydrogen) atoms. The fourth-order valence-corrected chi connectivity index (χ4v) is 2.82. The molecular formula is C15H22N3O6P. The number of aromatic nitrogens is 1. The largest absolute Gasteiger partial charge is 0.507 e. The molecule has 1 aromatic carbocycles. The number of rotatable bonds is 8. The second-order valence-corrected chi connectivity index (χ2v) is 8.32. The molecule has 1 amide bonds. The molecule has 2 atom stereocenters. The van der Waals surface area contributed by atoms with Gasteiger partial charge in [0.25, 0.3) is 5.91 Å². The van der Waals surface area contributed by atoms with Gasteiger partial charge < -0.3 is 25.4 Å². The van der Waals surface area contributed by atoms with Crippen LogP contribution < -0.4 is 5.32 Å². The van der Waals surface area contributed by atoms with Gasteiger partial charge in [0.1, 0.15) is 11.6 Å². The van der Waals surface area contributed by atoms with E-state index in [0.29, 0.717) is 16.9 Å². The number of hydrogen-bond acceptors (Lipinski definition) is 6. The molecule has 0 aliphatic carbocycles. The summed E-state index contributed by atoms with van der Waals surface area (Å²) in [4.78, 5) is 24.0. The SMILES string of the molecule is CP(=O)(O)C(O)CNCC(=O)N(O)CCc1c[nH]c2cccc(O)c12. The van der Waals surface area contributed by atoms with Crippen molar-refractivity contribution >= 4 is 24.2 Å². The van der Waals surface area contributed by atoms with Crippen molar-refractivity contribution in [3.05, 3.63) is 30.0 Å². The van der Waals surface area contributed by atoms with E-state index in [1.54, 1.807) is 18.3 Å². The van der Waals surface area contributed by atoms with Gasteiger partial charge in [0.05, 0.1) is 13.1 Å². The Kier molecular flexibility index (Phi) is 6.21. The highest BCUT2D eigenvalue weighted by molar-refractivity contribution is 7.57. The molecule has 0 bridgehead atoms. The molecule has 0 radical (unpaired) electrons. The van der Waals surface area contributed by atoms with E-state index in [-0.39, 0.29) is 25.4 Å². The number of phenols is 1. The quantitative estimate of drug-likeness (QED) is 0.224. The second kappa shape index (κ2) is 7.99. The Morgan fingerprint density at radius 3 is 2.84 bits per heavy atom. The monoisotopic (exact) mass is 371 g/mol. The van der Waals surface area contributed by atoms with Crippen molar-refractivity contribution in [2.75, 3.05) is 26.3 Å². The zero-order valence-corrected chi connectivity index (χ0v) is 14.6. The summed E-state index contributed by atoms with van der Waals surface area (Å²) in [6.45, 7) is 0.514. The van der Waals surface area contributed by atoms with Gasteiger partial charge in [0.15, 0.2) is 0 Å². The van der Waals surface area contributed by atoms with Crippen LogP contribution in [0.4, 0.5) is 0 Å². The number of aliphatic hydroxyl groups is 1. The lowest BCUT2D eigenvalue weighted by molar-refractivity contribution is -0.164. The van der Waals surface area contributed by atoms with Crippen molar-refractivity contribution in [3.63, 3.8) is 0 Å². The number of carbonyl (C=O) groups is 1. The number of nitrogens with zero attached hydrogens (tertiary/aromatic N) is 1. The maximum absolute atomic E-state index is 11.8. The van der Waals surface area contributed by atoms with Crippen molar-refractivity contribution in [1.82, 2.24) is 15.4 Å². The van der Waals surface area contributed by atoms with Crippen LogP contribution in [0.25, 0.3) is 10.9 Å². The van der Waals surface area contributed by atoms with Crippen LogP contribution in [0.3, 0.4) is 0 Å². The van der Waals surface area contributed by atoms with E-state index in [2.05, 4.69) is 10.3 Å². The Balaban J connectivity index is 1.84. The average Bonchev–Trinajstić information content (AvgIpc) is 2.96. The highest BCUT2D eigenvalue weighted by Crippen LogP contribution is 2.39. The van der Waals surface area contributed by atoms with Crippen LogP contribution in [-0.4, -0.2) is 68.4 Å². The third-order valence-electron chi connectivity index (χ3n) is 3.80. The number of nitrogens with one attached hydrogen (secondary N) is 2. The molecule has 0 aliphatic rings. The average molecular weight is 371 g/mol. The van der Waals surface area contributed by atoms with E-state index in [1.807, 2.05) is 6.07 Å². The zero-order valence-electron chi connectivity index (χ0n) is 13.7. The minimum absolute atomic E-state index is 0.0105. The summed E-state index contributed by atoms with van der Waals surface area (Å²) in [5.74, 6) is -1.99. The lowest BCUT2D eigenvalue weighted by atomic mass is 10.1. The van der Waals surface area contributed by atoms with E-state index >= 15 is 0 Å². The van der Waals surface area contributed by atoms with Crippen molar-refractivity contribution < 1.29 is 29.7 Å². The summed E-state index contributed by atoms with van der Waals surface area (Å²) in [7, 11) is -3.64. The molecule has 2 unspecified atom stereocenters. The van der Waals surface area contributed by atoms with Gasteiger partial charge in [-0.3, -0.25) is 14.6 Å². The fraction of sp³-hybridized carbons (Fsp3) is 0.400. The van der Waals surface area contributed by atoms with E-state index in [9.17, 15) is 24.8 Å². The highest BCUT2D eigenvalue weighted by atomic mass is 31.2. The Labute approximate surface area is 144 Å². The Morgan fingerprint density at radius 1 is 1.44 bits per heavy atom. The normalized spacial score (nSPS) is 15.0. The number of benzene rings is 1. The minimum Gasteiger partial charge on any atom is -0.507 e. The molecule has 1 heterocycles. The first-order chi connectivity index (χ1) is 11.7. The number of phenolic OH excluding ortho intramolecular Hbond substituents is 1. The van der Waals surface area contributed by atoms with Crippen molar-refractivity contribution in [2.45, 2.75) is 12.3 Å². The lowest BCUT2D eigenvalue weighted by Crippen LogP contribution is -2.39. The first-order valence-corrected chi connectivity index (χ1v) is 9.83. The van der Waals surface area contributed by atoms with E-state index in [0.717, 1.165) is 17.7 Å². The van der Waals surface area contributed by atoms with Crippen LogP contribution in [0.2, 0.25) is 0 Å². The maximum atomic E-state index is 11.8. The van der Waals surface area contributed by atoms with Crippen LogP contribution in [0, 0.1) is 0 Å². The second-order valence-electron chi connectivity index (χ2n) is 5.84. The van der Waals surface area contributed by atoms with Crippen LogP contribution in [0.1, 0.15) is 5.56 Å². The smallest absolute Gasteiger partial charge is 0.259 e. The van der Waals surface area contributed by atoms with Gasteiger partial charge in [-0.05, 0) is 24.1 Å². The summed E-state index contributed by atoms with van der Waals surface area (Å²) in [6.07, 6.45) is 2.03. The molecule has 9 nitrogen and oxygen atoms in total. The van der Waals surface area contributed by atoms with Crippen molar-refractivity contribution in [3.8, 4) is 5.75 Å². The number of carbonyl (C=O) groups excluding carboxylic acids is 1. The highest BCUT2D eigenvalue weighted by Gasteiger charge is 2.23. The standard InChI is InChI=1S/C15H22N3O6P/c1-25(23,24)14(21)9-16-8-13(20)18(22)6-5-10-7-17-11-3-2-4-12(19)15(10)11/h2-4,7,14,16-17,19,21-22H,5-6,8-9H2,1H3,(H,23,24). The summed E-state index contributed by atoms with van der Waals surface area (Å²) >= 11 is 0. The third kappa shape index (κ3) is 5.04. The molecule has 0 spiro atoms. The molecule has 0 saturated heterocycles. The number of aliphatic hydroxyl groups excluding tert-OH is 1. The molecule has 0 saturated carbocycles. The molecular weight excluding hydrogens is 349 g/mol. The summed E-state index contributed by atoms with van der Waals surface area (Å²) in [6, 6.07) is 5.08. The van der Waals surface area contributed by atoms with E-state index < -0.39 is 19.1 Å². The molecule has 0 fully saturated rings.